The summed E-state index contributed by atoms with van der Waals surface area (Å²) >= 11 is 1.60. The molecule has 0 spiro atoms. The Kier molecular flexibility index (Phi) is 2.96. The summed E-state index contributed by atoms with van der Waals surface area (Å²) < 4.78 is 4.45. The maximum absolute atomic E-state index is 13.0. The molecule has 1 aliphatic heterocycles. The van der Waals surface area contributed by atoms with Crippen LogP contribution in [0.3, 0.4) is 0 Å². The smallest absolute Gasteiger partial charge is 0.291 e. The molecule has 0 saturated heterocycles. The quantitative estimate of drug-likeness (QED) is 0.559. The number of nitrogens with zero attached hydrogens (tertiary/aromatic N) is 5. The monoisotopic (exact) mass is 349 g/mol. The number of rotatable bonds is 2. The molecule has 1 aromatic carbocycles. The SMILES string of the molecule is Cc1nc2c(s1)c1cnn(Cc3cccc4c3CN=C4)c(=O)c1n2C. The molecule has 25 heavy (non-hydrogen) atoms. The van der Waals surface area contributed by atoms with E-state index in [1.54, 1.807) is 17.5 Å². The largest absolute Gasteiger partial charge is 0.323 e. The molecule has 124 valence electrons. The van der Waals surface area contributed by atoms with Gasteiger partial charge in [-0.25, -0.2) is 9.67 Å². The van der Waals surface area contributed by atoms with Crippen LogP contribution >= 0.6 is 11.3 Å². The van der Waals surface area contributed by atoms with Crippen LogP contribution in [-0.4, -0.2) is 25.5 Å². The van der Waals surface area contributed by atoms with Crippen LogP contribution in [0.4, 0.5) is 0 Å². The van der Waals surface area contributed by atoms with Crippen LogP contribution in [0.25, 0.3) is 21.3 Å². The van der Waals surface area contributed by atoms with Crippen molar-refractivity contribution in [3.8, 4) is 0 Å². The third kappa shape index (κ3) is 2.02. The Bertz CT molecular complexity index is 1240. The third-order valence-electron chi connectivity index (χ3n) is 4.74. The fourth-order valence-electron chi connectivity index (χ4n) is 3.52. The Balaban J connectivity index is 1.68. The molecule has 0 unspecified atom stereocenters. The van der Waals surface area contributed by atoms with Crippen LogP contribution < -0.4 is 5.56 Å². The Labute approximate surface area is 147 Å². The molecule has 6 nitrogen and oxygen atoms in total. The van der Waals surface area contributed by atoms with E-state index < -0.39 is 0 Å². The van der Waals surface area contributed by atoms with Gasteiger partial charge in [0.25, 0.3) is 5.56 Å². The van der Waals surface area contributed by atoms with E-state index in [0.717, 1.165) is 31.9 Å². The van der Waals surface area contributed by atoms with Gasteiger partial charge in [0.1, 0.15) is 5.52 Å². The van der Waals surface area contributed by atoms with Gasteiger partial charge in [0.2, 0.25) is 0 Å². The van der Waals surface area contributed by atoms with Gasteiger partial charge in [-0.1, -0.05) is 18.2 Å². The zero-order valence-corrected chi connectivity index (χ0v) is 14.7. The highest BCUT2D eigenvalue weighted by Gasteiger charge is 2.18. The van der Waals surface area contributed by atoms with Gasteiger partial charge in [0.15, 0.2) is 5.65 Å². The predicted octanol–water partition coefficient (Wildman–Crippen LogP) is 2.63. The number of aromatic nitrogens is 4. The van der Waals surface area contributed by atoms with E-state index in [4.69, 9.17) is 0 Å². The van der Waals surface area contributed by atoms with Crippen LogP contribution in [0, 0.1) is 6.92 Å². The lowest BCUT2D eigenvalue weighted by molar-refractivity contribution is 0.640. The van der Waals surface area contributed by atoms with E-state index in [9.17, 15) is 4.79 Å². The highest BCUT2D eigenvalue weighted by molar-refractivity contribution is 7.19. The number of aliphatic imine (C=N–C) groups is 1. The maximum Gasteiger partial charge on any atom is 0.291 e. The fourth-order valence-corrected chi connectivity index (χ4v) is 4.48. The van der Waals surface area contributed by atoms with E-state index >= 15 is 0 Å². The summed E-state index contributed by atoms with van der Waals surface area (Å²) in [5.41, 5.74) is 4.83. The summed E-state index contributed by atoms with van der Waals surface area (Å²) in [4.78, 5) is 21.9. The molecule has 4 aromatic rings. The third-order valence-corrected chi connectivity index (χ3v) is 5.73. The van der Waals surface area contributed by atoms with E-state index in [1.165, 1.54) is 10.2 Å². The number of aryl methyl sites for hydroxylation is 2. The van der Waals surface area contributed by atoms with Crippen molar-refractivity contribution < 1.29 is 0 Å². The van der Waals surface area contributed by atoms with Crippen LogP contribution in [0.15, 0.2) is 34.2 Å². The molecule has 0 atom stereocenters. The minimum Gasteiger partial charge on any atom is -0.323 e. The molecule has 0 saturated carbocycles. The minimum atomic E-state index is -0.0839. The highest BCUT2D eigenvalue weighted by Crippen LogP contribution is 2.30. The summed E-state index contributed by atoms with van der Waals surface area (Å²) in [7, 11) is 1.89. The standard InChI is InChI=1S/C18H15N5OS/c1-10-21-17-16(25-10)14-8-20-23(18(24)15(14)22(17)2)9-12-5-3-4-11-6-19-7-13(11)12/h3-6,8H,7,9H2,1-2H3. The minimum absolute atomic E-state index is 0.0839. The van der Waals surface area contributed by atoms with Crippen LogP contribution in [-0.2, 0) is 20.1 Å². The van der Waals surface area contributed by atoms with Gasteiger partial charge in [-0.2, -0.15) is 5.10 Å². The molecule has 0 N–H and O–H groups in total. The van der Waals surface area contributed by atoms with Crippen molar-refractivity contribution in [2.45, 2.75) is 20.0 Å². The number of hydrogen-bond donors (Lipinski definition) is 0. The lowest BCUT2D eigenvalue weighted by Gasteiger charge is -2.09. The Morgan fingerprint density at radius 1 is 1.32 bits per heavy atom. The molecule has 3 aromatic heterocycles. The highest BCUT2D eigenvalue weighted by atomic mass is 32.1. The second kappa shape index (κ2) is 5.10. The van der Waals surface area contributed by atoms with Crippen molar-refractivity contribution in [2.75, 3.05) is 0 Å². The molecule has 4 heterocycles. The lowest BCUT2D eigenvalue weighted by atomic mass is 10.0. The van der Waals surface area contributed by atoms with Crippen LogP contribution in [0.5, 0.6) is 0 Å². The second-order valence-corrected chi connectivity index (χ2v) is 7.47. The van der Waals surface area contributed by atoms with E-state index in [0.29, 0.717) is 18.6 Å². The van der Waals surface area contributed by atoms with Crippen molar-refractivity contribution >= 4 is 38.8 Å². The summed E-state index contributed by atoms with van der Waals surface area (Å²) in [6.45, 7) is 3.10. The summed E-state index contributed by atoms with van der Waals surface area (Å²) in [5.74, 6) is 0. The van der Waals surface area contributed by atoms with Gasteiger partial charge in [-0.3, -0.25) is 9.79 Å². The summed E-state index contributed by atoms with van der Waals surface area (Å²) in [6.07, 6.45) is 3.67. The molecule has 0 radical (unpaired) electrons. The summed E-state index contributed by atoms with van der Waals surface area (Å²) in [5, 5.41) is 6.30. The van der Waals surface area contributed by atoms with Crippen molar-refractivity contribution in [1.29, 1.82) is 0 Å². The topological polar surface area (TPSA) is 65.1 Å². The normalized spacial score (nSPS) is 13.2. The van der Waals surface area contributed by atoms with Gasteiger partial charge in [-0.15, -0.1) is 11.3 Å². The van der Waals surface area contributed by atoms with Gasteiger partial charge in [0.05, 0.1) is 29.0 Å². The predicted molar refractivity (Wildman–Crippen MR) is 99.7 cm³/mol. The van der Waals surface area contributed by atoms with Crippen molar-refractivity contribution in [2.24, 2.45) is 12.0 Å². The Morgan fingerprint density at radius 3 is 3.08 bits per heavy atom. The molecule has 0 aliphatic carbocycles. The first-order valence-corrected chi connectivity index (χ1v) is 8.87. The number of thiazole rings is 1. The molecular weight excluding hydrogens is 334 g/mol. The van der Waals surface area contributed by atoms with Crippen LogP contribution in [0.2, 0.25) is 0 Å². The van der Waals surface area contributed by atoms with E-state index in [1.807, 2.05) is 43.0 Å². The first-order valence-electron chi connectivity index (χ1n) is 8.05. The van der Waals surface area contributed by atoms with Gasteiger partial charge in [0, 0.05) is 18.6 Å². The first kappa shape index (κ1) is 14.5. The van der Waals surface area contributed by atoms with Crippen molar-refractivity contribution in [3.63, 3.8) is 0 Å². The van der Waals surface area contributed by atoms with Crippen LogP contribution in [0.1, 0.15) is 21.7 Å². The number of benzene rings is 1. The lowest BCUT2D eigenvalue weighted by Crippen LogP contribution is -2.25. The van der Waals surface area contributed by atoms with Crippen molar-refractivity contribution in [3.05, 3.63) is 56.4 Å². The molecule has 0 amide bonds. The first-order chi connectivity index (χ1) is 12.1. The average molecular weight is 349 g/mol. The maximum atomic E-state index is 13.0. The molecule has 1 aliphatic rings. The second-order valence-electron chi connectivity index (χ2n) is 6.27. The molecule has 7 heteroatoms. The van der Waals surface area contributed by atoms with Gasteiger partial charge < -0.3 is 4.57 Å². The van der Waals surface area contributed by atoms with Crippen molar-refractivity contribution in [1.82, 2.24) is 19.3 Å². The fraction of sp³-hybridized carbons (Fsp3) is 0.222. The summed E-state index contributed by atoms with van der Waals surface area (Å²) in [6, 6.07) is 6.09. The zero-order valence-electron chi connectivity index (χ0n) is 13.9. The van der Waals surface area contributed by atoms with E-state index in [-0.39, 0.29) is 5.56 Å². The Morgan fingerprint density at radius 2 is 2.20 bits per heavy atom. The zero-order chi connectivity index (χ0) is 17.1. The molecule has 0 fully saturated rings. The molecule has 0 bridgehead atoms. The van der Waals surface area contributed by atoms with E-state index in [2.05, 4.69) is 15.1 Å². The Hall–Kier alpha value is -2.80. The number of hydrogen-bond acceptors (Lipinski definition) is 5. The van der Waals surface area contributed by atoms with Gasteiger partial charge in [-0.05, 0) is 23.6 Å². The van der Waals surface area contributed by atoms with Gasteiger partial charge >= 0.3 is 0 Å². The average Bonchev–Trinajstić information content (AvgIpc) is 3.27. The number of fused-ring (bicyclic) bond motifs is 4. The molecule has 5 rings (SSSR count). The molecular formula is C18H15N5OS.